The number of H-pyrrole nitrogens is 1. The van der Waals surface area contributed by atoms with Gasteiger partial charge in [0.2, 0.25) is 5.91 Å². The highest BCUT2D eigenvalue weighted by atomic mass is 16.2. The van der Waals surface area contributed by atoms with Gasteiger partial charge >= 0.3 is 0 Å². The first-order chi connectivity index (χ1) is 8.33. The van der Waals surface area contributed by atoms with E-state index >= 15 is 0 Å². The summed E-state index contributed by atoms with van der Waals surface area (Å²) in [6, 6.07) is 7.80. The number of carbonyl (C=O) groups excluding carboxylic acids is 1. The molecule has 1 fully saturated rings. The maximum absolute atomic E-state index is 11.6. The topological polar surface area (TPSA) is 57.8 Å². The second-order valence-electron chi connectivity index (χ2n) is 4.33. The summed E-state index contributed by atoms with van der Waals surface area (Å²) in [4.78, 5) is 11.6. The second kappa shape index (κ2) is 4.05. The largest absolute Gasteiger partial charge is 0.326 e. The number of benzene rings is 1. The quantitative estimate of drug-likeness (QED) is 0.846. The molecule has 1 aromatic heterocycles. The van der Waals surface area contributed by atoms with Crippen molar-refractivity contribution in [2.24, 2.45) is 5.92 Å². The molecule has 1 aliphatic carbocycles. The van der Waals surface area contributed by atoms with Crippen LogP contribution in [0.15, 0.2) is 36.7 Å². The highest BCUT2D eigenvalue weighted by Crippen LogP contribution is 2.30. The summed E-state index contributed by atoms with van der Waals surface area (Å²) in [5, 5.41) is 9.63. The van der Waals surface area contributed by atoms with Gasteiger partial charge in [-0.1, -0.05) is 12.1 Å². The number of anilines is 1. The molecule has 1 heterocycles. The van der Waals surface area contributed by atoms with Gasteiger partial charge in [-0.2, -0.15) is 5.10 Å². The summed E-state index contributed by atoms with van der Waals surface area (Å²) >= 11 is 0. The third-order valence-corrected chi connectivity index (χ3v) is 2.91. The highest BCUT2D eigenvalue weighted by molar-refractivity contribution is 5.94. The van der Waals surface area contributed by atoms with Crippen molar-refractivity contribution in [2.75, 3.05) is 5.32 Å². The van der Waals surface area contributed by atoms with Crippen LogP contribution in [0.3, 0.4) is 0 Å². The first-order valence-electron chi connectivity index (χ1n) is 5.73. The van der Waals surface area contributed by atoms with E-state index in [-0.39, 0.29) is 11.8 Å². The van der Waals surface area contributed by atoms with Crippen LogP contribution in [0.4, 0.5) is 5.69 Å². The maximum Gasteiger partial charge on any atom is 0.227 e. The van der Waals surface area contributed by atoms with Gasteiger partial charge in [-0.15, -0.1) is 0 Å². The van der Waals surface area contributed by atoms with Crippen molar-refractivity contribution in [1.82, 2.24) is 10.2 Å². The Kier molecular flexibility index (Phi) is 2.40. The molecule has 0 unspecified atom stereocenters. The molecule has 1 aromatic carbocycles. The Balaban J connectivity index is 1.81. The molecule has 0 aliphatic heterocycles. The normalized spacial score (nSPS) is 14.6. The molecule has 2 aromatic rings. The minimum Gasteiger partial charge on any atom is -0.326 e. The fourth-order valence-electron chi connectivity index (χ4n) is 1.78. The van der Waals surface area contributed by atoms with Crippen LogP contribution in [-0.2, 0) is 4.79 Å². The molecule has 17 heavy (non-hydrogen) atoms. The third kappa shape index (κ3) is 2.20. The molecule has 4 heteroatoms. The van der Waals surface area contributed by atoms with E-state index in [1.165, 1.54) is 0 Å². The van der Waals surface area contributed by atoms with Gasteiger partial charge in [-0.25, -0.2) is 0 Å². The summed E-state index contributed by atoms with van der Waals surface area (Å²) in [5.74, 6) is 0.363. The summed E-state index contributed by atoms with van der Waals surface area (Å²) in [7, 11) is 0. The Bertz CT molecular complexity index is 529. The smallest absolute Gasteiger partial charge is 0.227 e. The Morgan fingerprint density at radius 1 is 1.35 bits per heavy atom. The molecule has 2 N–H and O–H groups in total. The molecule has 1 saturated carbocycles. The van der Waals surface area contributed by atoms with Gasteiger partial charge in [0.15, 0.2) is 0 Å². The Hall–Kier alpha value is -2.10. The number of hydrogen-bond donors (Lipinski definition) is 2. The summed E-state index contributed by atoms with van der Waals surface area (Å²) in [5.41, 5.74) is 2.92. The Labute approximate surface area is 99.1 Å². The van der Waals surface area contributed by atoms with E-state index in [2.05, 4.69) is 15.5 Å². The van der Waals surface area contributed by atoms with Gasteiger partial charge in [0.1, 0.15) is 0 Å². The zero-order valence-corrected chi connectivity index (χ0v) is 9.31. The predicted octanol–water partition coefficient (Wildman–Crippen LogP) is 2.43. The standard InChI is InChI=1S/C13H13N3O/c17-13(9-4-5-9)16-12-3-1-2-10(6-12)11-7-14-15-8-11/h1-3,6-9H,4-5H2,(H,14,15)(H,16,17). The maximum atomic E-state index is 11.6. The lowest BCUT2D eigenvalue weighted by atomic mass is 10.1. The molecular formula is C13H13N3O. The lowest BCUT2D eigenvalue weighted by Gasteiger charge is -2.05. The van der Waals surface area contributed by atoms with Gasteiger partial charge in [-0.05, 0) is 30.5 Å². The lowest BCUT2D eigenvalue weighted by molar-refractivity contribution is -0.117. The van der Waals surface area contributed by atoms with Crippen LogP contribution in [0, 0.1) is 5.92 Å². The lowest BCUT2D eigenvalue weighted by Crippen LogP contribution is -2.13. The molecule has 4 nitrogen and oxygen atoms in total. The van der Waals surface area contributed by atoms with Gasteiger partial charge in [0.25, 0.3) is 0 Å². The number of carbonyl (C=O) groups is 1. The number of nitrogens with zero attached hydrogens (tertiary/aromatic N) is 1. The first-order valence-corrected chi connectivity index (χ1v) is 5.73. The van der Waals surface area contributed by atoms with Crippen LogP contribution in [0.25, 0.3) is 11.1 Å². The minimum atomic E-state index is 0.134. The molecule has 0 atom stereocenters. The minimum absolute atomic E-state index is 0.134. The zero-order chi connectivity index (χ0) is 11.7. The number of nitrogens with one attached hydrogen (secondary N) is 2. The summed E-state index contributed by atoms with van der Waals surface area (Å²) in [6.07, 6.45) is 5.64. The Morgan fingerprint density at radius 2 is 2.24 bits per heavy atom. The van der Waals surface area contributed by atoms with Crippen molar-refractivity contribution in [3.63, 3.8) is 0 Å². The molecule has 0 radical (unpaired) electrons. The highest BCUT2D eigenvalue weighted by Gasteiger charge is 2.29. The van der Waals surface area contributed by atoms with E-state index in [1.54, 1.807) is 6.20 Å². The number of aromatic amines is 1. The van der Waals surface area contributed by atoms with Gasteiger partial charge < -0.3 is 5.32 Å². The average molecular weight is 227 g/mol. The van der Waals surface area contributed by atoms with E-state index in [0.29, 0.717) is 0 Å². The van der Waals surface area contributed by atoms with Gasteiger partial charge in [0.05, 0.1) is 6.20 Å². The Morgan fingerprint density at radius 3 is 2.94 bits per heavy atom. The zero-order valence-electron chi connectivity index (χ0n) is 9.31. The molecule has 0 bridgehead atoms. The number of hydrogen-bond acceptors (Lipinski definition) is 2. The van der Waals surface area contributed by atoms with E-state index in [9.17, 15) is 4.79 Å². The van der Waals surface area contributed by atoms with Crippen LogP contribution >= 0.6 is 0 Å². The molecular weight excluding hydrogens is 214 g/mol. The van der Waals surface area contributed by atoms with Crippen molar-refractivity contribution < 1.29 is 4.79 Å². The molecule has 3 rings (SSSR count). The van der Waals surface area contributed by atoms with Crippen LogP contribution in [0.2, 0.25) is 0 Å². The monoisotopic (exact) mass is 227 g/mol. The number of rotatable bonds is 3. The first kappa shape index (κ1) is 10.1. The SMILES string of the molecule is O=C(Nc1cccc(-c2cn[nH]c2)c1)C1CC1. The second-order valence-corrected chi connectivity index (χ2v) is 4.33. The molecule has 1 amide bonds. The van der Waals surface area contributed by atoms with Gasteiger partial charge in [-0.3, -0.25) is 9.89 Å². The van der Waals surface area contributed by atoms with Crippen LogP contribution in [-0.4, -0.2) is 16.1 Å². The van der Waals surface area contributed by atoms with Gasteiger partial charge in [0, 0.05) is 23.4 Å². The predicted molar refractivity (Wildman–Crippen MR) is 65.4 cm³/mol. The third-order valence-electron chi connectivity index (χ3n) is 2.91. The van der Waals surface area contributed by atoms with E-state index in [1.807, 2.05) is 30.5 Å². The fraction of sp³-hybridized carbons (Fsp3) is 0.231. The number of aromatic nitrogens is 2. The van der Waals surface area contributed by atoms with Crippen LogP contribution in [0.5, 0.6) is 0 Å². The van der Waals surface area contributed by atoms with E-state index in [4.69, 9.17) is 0 Å². The summed E-state index contributed by atoms with van der Waals surface area (Å²) in [6.45, 7) is 0. The number of amides is 1. The van der Waals surface area contributed by atoms with Crippen molar-refractivity contribution in [1.29, 1.82) is 0 Å². The van der Waals surface area contributed by atoms with Crippen molar-refractivity contribution in [3.8, 4) is 11.1 Å². The van der Waals surface area contributed by atoms with Crippen molar-refractivity contribution >= 4 is 11.6 Å². The van der Waals surface area contributed by atoms with Crippen molar-refractivity contribution in [2.45, 2.75) is 12.8 Å². The van der Waals surface area contributed by atoms with Crippen molar-refractivity contribution in [3.05, 3.63) is 36.7 Å². The summed E-state index contributed by atoms with van der Waals surface area (Å²) < 4.78 is 0. The average Bonchev–Trinajstić information content (AvgIpc) is 3.05. The molecule has 1 aliphatic rings. The molecule has 0 saturated heterocycles. The van der Waals surface area contributed by atoms with Crippen LogP contribution in [0.1, 0.15) is 12.8 Å². The van der Waals surface area contributed by atoms with E-state index in [0.717, 1.165) is 29.7 Å². The van der Waals surface area contributed by atoms with Crippen LogP contribution < -0.4 is 5.32 Å². The molecule has 86 valence electrons. The van der Waals surface area contributed by atoms with E-state index < -0.39 is 0 Å². The fourth-order valence-corrected chi connectivity index (χ4v) is 1.78. The molecule has 0 spiro atoms.